The number of aromatic amines is 2. The zero-order chi connectivity index (χ0) is 16.0. The molecule has 0 saturated heterocycles. The number of benzene rings is 2. The number of nitrogens with zero attached hydrogens (tertiary/aromatic N) is 1. The van der Waals surface area contributed by atoms with Crippen LogP contribution in [-0.4, -0.2) is 23.7 Å². The standard InChI is InChI=1S/C12H7N3O6S/c16-11-12(17)14-10-5-2-1-3-8(22(20)21)9(5)7(15(18)19)4-6(10)13-11/h1-4H,(H,13,16)(H,14,17)(H,20,21)/p-1. The third-order valence-corrected chi connectivity index (χ3v) is 3.87. The number of hydrogen-bond donors (Lipinski definition) is 2. The van der Waals surface area contributed by atoms with Crippen LogP contribution in [0.25, 0.3) is 21.8 Å². The zero-order valence-electron chi connectivity index (χ0n) is 10.6. The van der Waals surface area contributed by atoms with Crippen LogP contribution in [0.1, 0.15) is 0 Å². The van der Waals surface area contributed by atoms with Crippen LogP contribution in [0.5, 0.6) is 0 Å². The fourth-order valence-corrected chi connectivity index (χ4v) is 2.87. The van der Waals surface area contributed by atoms with Crippen molar-refractivity contribution in [3.8, 4) is 0 Å². The minimum absolute atomic E-state index is 0.0395. The lowest BCUT2D eigenvalue weighted by Gasteiger charge is -2.11. The molecule has 9 nitrogen and oxygen atoms in total. The van der Waals surface area contributed by atoms with Gasteiger partial charge < -0.3 is 14.5 Å². The highest BCUT2D eigenvalue weighted by atomic mass is 32.2. The lowest BCUT2D eigenvalue weighted by Crippen LogP contribution is -2.29. The number of non-ortho nitro benzene ring substituents is 1. The predicted octanol–water partition coefficient (Wildman–Crippen LogP) is 0.516. The Morgan fingerprint density at radius 3 is 2.45 bits per heavy atom. The monoisotopic (exact) mass is 320 g/mol. The van der Waals surface area contributed by atoms with E-state index in [0.29, 0.717) is 0 Å². The fourth-order valence-electron chi connectivity index (χ4n) is 2.30. The maximum absolute atomic E-state index is 11.5. The van der Waals surface area contributed by atoms with Crippen LogP contribution in [0.3, 0.4) is 0 Å². The molecule has 0 aliphatic rings. The van der Waals surface area contributed by atoms with Gasteiger partial charge in [-0.05, 0) is 17.1 Å². The summed E-state index contributed by atoms with van der Waals surface area (Å²) < 4.78 is 22.6. The van der Waals surface area contributed by atoms with Crippen molar-refractivity contribution in [1.82, 2.24) is 9.97 Å². The van der Waals surface area contributed by atoms with Crippen molar-refractivity contribution in [2.45, 2.75) is 4.90 Å². The van der Waals surface area contributed by atoms with Crippen molar-refractivity contribution in [3.05, 3.63) is 55.1 Å². The van der Waals surface area contributed by atoms with Gasteiger partial charge in [0, 0.05) is 16.3 Å². The van der Waals surface area contributed by atoms with E-state index < -0.39 is 32.8 Å². The molecule has 0 amide bonds. The molecule has 112 valence electrons. The van der Waals surface area contributed by atoms with E-state index in [-0.39, 0.29) is 26.7 Å². The molecule has 1 aromatic heterocycles. The predicted molar refractivity (Wildman–Crippen MR) is 76.5 cm³/mol. The van der Waals surface area contributed by atoms with E-state index in [0.717, 1.165) is 6.07 Å². The first-order valence-corrected chi connectivity index (χ1v) is 6.93. The van der Waals surface area contributed by atoms with E-state index in [1.165, 1.54) is 18.2 Å². The third-order valence-electron chi connectivity index (χ3n) is 3.17. The largest absolute Gasteiger partial charge is 0.768 e. The number of fused-ring (bicyclic) bond motifs is 3. The van der Waals surface area contributed by atoms with E-state index in [1.807, 2.05) is 0 Å². The topological polar surface area (TPSA) is 149 Å². The average molecular weight is 320 g/mol. The number of nitro benzene ring substituents is 1. The van der Waals surface area contributed by atoms with E-state index in [4.69, 9.17) is 0 Å². The van der Waals surface area contributed by atoms with E-state index >= 15 is 0 Å². The number of nitrogens with one attached hydrogen (secondary N) is 2. The molecular weight excluding hydrogens is 314 g/mol. The van der Waals surface area contributed by atoms with Gasteiger partial charge in [0.1, 0.15) is 0 Å². The molecule has 0 saturated carbocycles. The van der Waals surface area contributed by atoms with Gasteiger partial charge in [-0.3, -0.25) is 23.9 Å². The van der Waals surface area contributed by atoms with Gasteiger partial charge in [-0.15, -0.1) is 0 Å². The Morgan fingerprint density at radius 1 is 1.14 bits per heavy atom. The maximum atomic E-state index is 11.5. The van der Waals surface area contributed by atoms with Crippen molar-refractivity contribution in [1.29, 1.82) is 0 Å². The molecule has 3 aromatic rings. The molecule has 0 aliphatic heterocycles. The Labute approximate surface area is 123 Å². The maximum Gasteiger partial charge on any atom is 0.314 e. The molecule has 0 bridgehead atoms. The highest BCUT2D eigenvalue weighted by Crippen LogP contribution is 2.34. The number of hydrogen-bond acceptors (Lipinski definition) is 6. The second kappa shape index (κ2) is 4.86. The van der Waals surface area contributed by atoms with Crippen molar-refractivity contribution < 1.29 is 13.7 Å². The van der Waals surface area contributed by atoms with Crippen molar-refractivity contribution in [2.75, 3.05) is 0 Å². The quantitative estimate of drug-likeness (QED) is 0.231. The van der Waals surface area contributed by atoms with Crippen LogP contribution in [0.15, 0.2) is 38.8 Å². The molecule has 1 unspecified atom stereocenters. The number of nitro groups is 1. The molecule has 2 aromatic carbocycles. The first kappa shape index (κ1) is 14.1. The molecule has 2 N–H and O–H groups in total. The van der Waals surface area contributed by atoms with Crippen LogP contribution < -0.4 is 11.1 Å². The third kappa shape index (κ3) is 2.01. The van der Waals surface area contributed by atoms with Crippen LogP contribution in [0.2, 0.25) is 0 Å². The smallest absolute Gasteiger partial charge is 0.314 e. The fraction of sp³-hybridized carbons (Fsp3) is 0. The lowest BCUT2D eigenvalue weighted by molar-refractivity contribution is -0.383. The van der Waals surface area contributed by atoms with Crippen molar-refractivity contribution >= 4 is 38.6 Å². The van der Waals surface area contributed by atoms with Gasteiger partial charge in [0.15, 0.2) is 0 Å². The summed E-state index contributed by atoms with van der Waals surface area (Å²) in [7, 11) is 0. The van der Waals surface area contributed by atoms with Crippen molar-refractivity contribution in [3.63, 3.8) is 0 Å². The number of H-pyrrole nitrogens is 2. The second-order valence-electron chi connectivity index (χ2n) is 4.40. The summed E-state index contributed by atoms with van der Waals surface area (Å²) in [4.78, 5) is 37.6. The Morgan fingerprint density at radius 2 is 1.82 bits per heavy atom. The van der Waals surface area contributed by atoms with Gasteiger partial charge in [0.05, 0.1) is 21.3 Å². The summed E-state index contributed by atoms with van der Waals surface area (Å²) in [5.74, 6) is 0. The molecule has 22 heavy (non-hydrogen) atoms. The summed E-state index contributed by atoms with van der Waals surface area (Å²) in [5.41, 5.74) is -2.21. The highest BCUT2D eigenvalue weighted by molar-refractivity contribution is 7.79. The molecule has 0 spiro atoms. The zero-order valence-corrected chi connectivity index (χ0v) is 11.4. The summed E-state index contributed by atoms with van der Waals surface area (Å²) >= 11 is -2.70. The lowest BCUT2D eigenvalue weighted by atomic mass is 10.1. The molecule has 0 aliphatic carbocycles. The summed E-state index contributed by atoms with van der Waals surface area (Å²) in [5, 5.41) is 11.2. The first-order chi connectivity index (χ1) is 10.4. The summed E-state index contributed by atoms with van der Waals surface area (Å²) in [6, 6.07) is 5.05. The molecule has 0 fully saturated rings. The van der Waals surface area contributed by atoms with Crippen molar-refractivity contribution in [2.24, 2.45) is 0 Å². The Balaban J connectivity index is 2.68. The molecule has 1 atom stereocenters. The molecular formula is C12H6N3O6S-. The van der Waals surface area contributed by atoms with Gasteiger partial charge in [-0.1, -0.05) is 12.1 Å². The number of rotatable bonds is 2. The number of aromatic nitrogens is 2. The van der Waals surface area contributed by atoms with Gasteiger partial charge >= 0.3 is 11.1 Å². The SMILES string of the molecule is O=c1[nH]c2cc([N+](=O)[O-])c3c(S(=O)[O-])cccc3c2[nH]c1=O. The van der Waals surface area contributed by atoms with E-state index in [1.54, 1.807) is 0 Å². The normalized spacial score (nSPS) is 12.6. The summed E-state index contributed by atoms with van der Waals surface area (Å²) in [6.45, 7) is 0. The van der Waals surface area contributed by atoms with E-state index in [9.17, 15) is 28.5 Å². The second-order valence-corrected chi connectivity index (χ2v) is 5.31. The van der Waals surface area contributed by atoms with Crippen LogP contribution in [0.4, 0.5) is 5.69 Å². The highest BCUT2D eigenvalue weighted by Gasteiger charge is 2.20. The molecule has 0 radical (unpaired) electrons. The van der Waals surface area contributed by atoms with Gasteiger partial charge in [-0.2, -0.15) is 0 Å². The van der Waals surface area contributed by atoms with Crippen LogP contribution in [-0.2, 0) is 11.1 Å². The minimum atomic E-state index is -2.70. The molecule has 1 heterocycles. The van der Waals surface area contributed by atoms with Crippen LogP contribution >= 0.6 is 0 Å². The molecule has 3 rings (SSSR count). The first-order valence-electron chi connectivity index (χ1n) is 5.86. The average Bonchev–Trinajstić information content (AvgIpc) is 2.47. The van der Waals surface area contributed by atoms with E-state index in [2.05, 4.69) is 9.97 Å². The summed E-state index contributed by atoms with van der Waals surface area (Å²) in [6.07, 6.45) is 0. The van der Waals surface area contributed by atoms with Crippen LogP contribution in [0, 0.1) is 10.1 Å². The van der Waals surface area contributed by atoms with Gasteiger partial charge in [-0.25, -0.2) is 0 Å². The Bertz CT molecular complexity index is 1080. The minimum Gasteiger partial charge on any atom is -0.768 e. The molecule has 10 heteroatoms. The Hall–Kier alpha value is -2.85. The van der Waals surface area contributed by atoms with Gasteiger partial charge in [0.25, 0.3) is 5.69 Å². The van der Waals surface area contributed by atoms with Gasteiger partial charge in [0.2, 0.25) is 0 Å². The Kier molecular flexibility index (Phi) is 3.11.